The number of nitrogens with one attached hydrogen (secondary N) is 1. The van der Waals surface area contributed by atoms with Crippen molar-refractivity contribution in [1.29, 1.82) is 0 Å². The molecule has 0 aliphatic rings. The van der Waals surface area contributed by atoms with Crippen molar-refractivity contribution in [1.82, 2.24) is 15.0 Å². The van der Waals surface area contributed by atoms with Gasteiger partial charge in [-0.05, 0) is 42.8 Å². The molecule has 32 heavy (non-hydrogen) atoms. The number of pyridine rings is 1. The average molecular weight is 427 g/mol. The summed E-state index contributed by atoms with van der Waals surface area (Å²) in [5.41, 5.74) is 6.41. The predicted molar refractivity (Wildman–Crippen MR) is 128 cm³/mol. The second-order valence-electron chi connectivity index (χ2n) is 7.55. The number of aryl methyl sites for hydroxylation is 1. The highest BCUT2D eigenvalue weighted by atomic mass is 16.5. The standard InChI is InChI=1S/C26H26N4O2/c1-3-4-15-32-21-11-7-9-19(16-21)25-17-23(22-12-5-6-13-24(22)28-25)26(31)29-27-18-20-10-8-14-30(20)2/h5-14,16-18H,3-4,15H2,1-2H3,(H,29,31)/b27-18-. The Labute approximate surface area is 187 Å². The van der Waals surface area contributed by atoms with Gasteiger partial charge in [0.2, 0.25) is 0 Å². The van der Waals surface area contributed by atoms with Gasteiger partial charge < -0.3 is 9.30 Å². The van der Waals surface area contributed by atoms with Crippen LogP contribution in [0.5, 0.6) is 5.75 Å². The topological polar surface area (TPSA) is 68.5 Å². The van der Waals surface area contributed by atoms with Gasteiger partial charge >= 0.3 is 0 Å². The summed E-state index contributed by atoms with van der Waals surface area (Å²) < 4.78 is 7.77. The fourth-order valence-corrected chi connectivity index (χ4v) is 3.42. The van der Waals surface area contributed by atoms with E-state index in [1.807, 2.05) is 78.5 Å². The molecule has 0 bridgehead atoms. The zero-order valence-corrected chi connectivity index (χ0v) is 18.3. The molecular weight excluding hydrogens is 400 g/mol. The van der Waals surface area contributed by atoms with Crippen LogP contribution in [0.2, 0.25) is 0 Å². The molecule has 162 valence electrons. The number of benzene rings is 2. The van der Waals surface area contributed by atoms with Crippen LogP contribution >= 0.6 is 0 Å². The zero-order valence-electron chi connectivity index (χ0n) is 18.3. The fraction of sp³-hybridized carbons (Fsp3) is 0.192. The number of hydrazone groups is 1. The largest absolute Gasteiger partial charge is 0.494 e. The third kappa shape index (κ3) is 4.86. The lowest BCUT2D eigenvalue weighted by atomic mass is 10.0. The third-order valence-corrected chi connectivity index (χ3v) is 5.20. The Morgan fingerprint density at radius 3 is 2.81 bits per heavy atom. The molecule has 0 fully saturated rings. The second-order valence-corrected chi connectivity index (χ2v) is 7.55. The summed E-state index contributed by atoms with van der Waals surface area (Å²) in [5.74, 6) is 0.509. The predicted octanol–water partition coefficient (Wildman–Crippen LogP) is 5.18. The average Bonchev–Trinajstić information content (AvgIpc) is 3.23. The Morgan fingerprint density at radius 2 is 2.00 bits per heavy atom. The molecule has 4 aromatic rings. The molecule has 6 heteroatoms. The number of ether oxygens (including phenoxy) is 1. The number of aromatic nitrogens is 2. The van der Waals surface area contributed by atoms with Crippen molar-refractivity contribution in [3.63, 3.8) is 0 Å². The number of para-hydroxylation sites is 1. The van der Waals surface area contributed by atoms with E-state index in [2.05, 4.69) is 17.5 Å². The van der Waals surface area contributed by atoms with Gasteiger partial charge in [-0.15, -0.1) is 0 Å². The quantitative estimate of drug-likeness (QED) is 0.240. The van der Waals surface area contributed by atoms with E-state index < -0.39 is 0 Å². The maximum atomic E-state index is 13.0. The maximum Gasteiger partial charge on any atom is 0.272 e. The highest BCUT2D eigenvalue weighted by molar-refractivity contribution is 6.07. The summed E-state index contributed by atoms with van der Waals surface area (Å²) in [6, 6.07) is 21.1. The number of fused-ring (bicyclic) bond motifs is 1. The number of rotatable bonds is 8. The Bertz CT molecular complexity index is 1260. The summed E-state index contributed by atoms with van der Waals surface area (Å²) in [6.45, 7) is 2.81. The van der Waals surface area contributed by atoms with Gasteiger partial charge in [-0.2, -0.15) is 5.10 Å². The van der Waals surface area contributed by atoms with Gasteiger partial charge in [-0.1, -0.05) is 43.7 Å². The SMILES string of the molecule is CCCCOc1cccc(-c2cc(C(=O)N/N=C\c3cccn3C)c3ccccc3n2)c1. The fourth-order valence-electron chi connectivity index (χ4n) is 3.42. The molecule has 1 N–H and O–H groups in total. The first-order valence-electron chi connectivity index (χ1n) is 10.7. The van der Waals surface area contributed by atoms with Crippen molar-refractivity contribution >= 4 is 23.0 Å². The van der Waals surface area contributed by atoms with Gasteiger partial charge in [-0.25, -0.2) is 10.4 Å². The lowest BCUT2D eigenvalue weighted by Gasteiger charge is -2.11. The molecule has 4 rings (SSSR count). The summed E-state index contributed by atoms with van der Waals surface area (Å²) in [7, 11) is 1.92. The monoisotopic (exact) mass is 426 g/mol. The number of carbonyl (C=O) groups excluding carboxylic acids is 1. The third-order valence-electron chi connectivity index (χ3n) is 5.20. The van der Waals surface area contributed by atoms with E-state index in [9.17, 15) is 4.79 Å². The van der Waals surface area contributed by atoms with E-state index in [0.29, 0.717) is 17.9 Å². The van der Waals surface area contributed by atoms with Crippen LogP contribution in [0.1, 0.15) is 35.8 Å². The van der Waals surface area contributed by atoms with E-state index in [1.165, 1.54) is 0 Å². The summed E-state index contributed by atoms with van der Waals surface area (Å²) >= 11 is 0. The van der Waals surface area contributed by atoms with Crippen molar-refractivity contribution in [2.24, 2.45) is 12.1 Å². The van der Waals surface area contributed by atoms with Gasteiger partial charge in [0.1, 0.15) is 5.75 Å². The smallest absolute Gasteiger partial charge is 0.272 e. The molecule has 2 heterocycles. The van der Waals surface area contributed by atoms with Crippen molar-refractivity contribution in [3.8, 4) is 17.0 Å². The van der Waals surface area contributed by atoms with Crippen LogP contribution in [0, 0.1) is 0 Å². The number of amides is 1. The number of hydrogen-bond donors (Lipinski definition) is 1. The lowest BCUT2D eigenvalue weighted by molar-refractivity contribution is 0.0956. The minimum absolute atomic E-state index is 0.286. The van der Waals surface area contributed by atoms with Crippen LogP contribution in [0.4, 0.5) is 0 Å². The van der Waals surface area contributed by atoms with Crippen LogP contribution in [0.15, 0.2) is 78.0 Å². The van der Waals surface area contributed by atoms with E-state index >= 15 is 0 Å². The van der Waals surface area contributed by atoms with E-state index in [1.54, 1.807) is 12.3 Å². The minimum Gasteiger partial charge on any atom is -0.494 e. The molecule has 0 aliphatic carbocycles. The van der Waals surface area contributed by atoms with Crippen LogP contribution in [-0.2, 0) is 7.05 Å². The van der Waals surface area contributed by atoms with Crippen LogP contribution in [0.3, 0.4) is 0 Å². The van der Waals surface area contributed by atoms with Crippen molar-refractivity contribution in [2.45, 2.75) is 19.8 Å². The Balaban J connectivity index is 1.64. The van der Waals surface area contributed by atoms with E-state index in [0.717, 1.165) is 40.8 Å². The molecule has 0 aliphatic heterocycles. The number of carbonyl (C=O) groups is 1. The van der Waals surface area contributed by atoms with Crippen LogP contribution in [0.25, 0.3) is 22.2 Å². The summed E-state index contributed by atoms with van der Waals surface area (Å²) in [6.07, 6.45) is 5.63. The maximum absolute atomic E-state index is 13.0. The first-order chi connectivity index (χ1) is 15.7. The van der Waals surface area contributed by atoms with Gasteiger partial charge in [0.25, 0.3) is 5.91 Å². The molecule has 0 spiro atoms. The van der Waals surface area contributed by atoms with Crippen molar-refractivity contribution in [3.05, 3.63) is 84.2 Å². The molecule has 6 nitrogen and oxygen atoms in total. The van der Waals surface area contributed by atoms with Gasteiger partial charge in [0.05, 0.1) is 35.3 Å². The molecule has 0 unspecified atom stereocenters. The Kier molecular flexibility index (Phi) is 6.60. The molecule has 0 atom stereocenters. The second kappa shape index (κ2) is 9.92. The van der Waals surface area contributed by atoms with Crippen molar-refractivity contribution < 1.29 is 9.53 Å². The summed E-state index contributed by atoms with van der Waals surface area (Å²) in [4.78, 5) is 17.8. The normalized spacial score (nSPS) is 11.2. The molecule has 2 aromatic heterocycles. The lowest BCUT2D eigenvalue weighted by Crippen LogP contribution is -2.18. The summed E-state index contributed by atoms with van der Waals surface area (Å²) in [5, 5.41) is 4.91. The van der Waals surface area contributed by atoms with Gasteiger partial charge in [0, 0.05) is 24.2 Å². The Hall–Kier alpha value is -3.93. The molecule has 0 saturated carbocycles. The molecule has 0 saturated heterocycles. The highest BCUT2D eigenvalue weighted by Gasteiger charge is 2.14. The van der Waals surface area contributed by atoms with E-state index in [-0.39, 0.29) is 5.91 Å². The van der Waals surface area contributed by atoms with Crippen LogP contribution in [-0.4, -0.2) is 28.3 Å². The highest BCUT2D eigenvalue weighted by Crippen LogP contribution is 2.27. The van der Waals surface area contributed by atoms with Gasteiger partial charge in [-0.3, -0.25) is 4.79 Å². The molecular formula is C26H26N4O2. The van der Waals surface area contributed by atoms with Crippen molar-refractivity contribution in [2.75, 3.05) is 6.61 Å². The number of unbranched alkanes of at least 4 members (excludes halogenated alkanes) is 1. The molecule has 0 radical (unpaired) electrons. The molecule has 2 aromatic carbocycles. The Morgan fingerprint density at radius 1 is 1.12 bits per heavy atom. The first kappa shape index (κ1) is 21.3. The number of nitrogens with zero attached hydrogens (tertiary/aromatic N) is 3. The zero-order chi connectivity index (χ0) is 22.3. The first-order valence-corrected chi connectivity index (χ1v) is 10.7. The van der Waals surface area contributed by atoms with Crippen LogP contribution < -0.4 is 10.2 Å². The van der Waals surface area contributed by atoms with Gasteiger partial charge in [0.15, 0.2) is 0 Å². The van der Waals surface area contributed by atoms with E-state index in [4.69, 9.17) is 9.72 Å². The number of hydrogen-bond acceptors (Lipinski definition) is 4. The molecule has 1 amide bonds. The minimum atomic E-state index is -0.286.